The van der Waals surface area contributed by atoms with E-state index >= 15 is 0 Å². The SMILES string of the molecule is NCC(=O)N1CCC[C@H]1C(=O)N[C@@H](Cc1c[nH]cn1)C(=O)NCC(=O)N1CCC[C@H]1C(=O)N[C@@H](CO)C(=O)NCC(=O)N1CCC[C@H]1C(=O)O. The number of H-pyrrole nitrogens is 1. The lowest BCUT2D eigenvalue weighted by molar-refractivity contribution is -0.148. The number of aromatic amines is 1. The summed E-state index contributed by atoms with van der Waals surface area (Å²) in [5.74, 6) is -5.60. The Hall–Kier alpha value is -5.11. The molecule has 274 valence electrons. The summed E-state index contributed by atoms with van der Waals surface area (Å²) < 4.78 is 0. The van der Waals surface area contributed by atoms with Crippen molar-refractivity contribution in [3.8, 4) is 0 Å². The molecule has 0 spiro atoms. The van der Waals surface area contributed by atoms with Crippen LogP contribution in [0, 0.1) is 0 Å². The number of hydrogen-bond acceptors (Lipinski definition) is 11. The molecule has 5 atom stereocenters. The highest BCUT2D eigenvalue weighted by atomic mass is 16.4. The molecule has 3 aliphatic heterocycles. The number of carboxylic acid groups (broad SMARTS) is 1. The first kappa shape index (κ1) is 37.7. The van der Waals surface area contributed by atoms with Crippen molar-refractivity contribution in [3.63, 3.8) is 0 Å². The van der Waals surface area contributed by atoms with Gasteiger partial charge in [-0.1, -0.05) is 0 Å². The van der Waals surface area contributed by atoms with Gasteiger partial charge in [-0.05, 0) is 38.5 Å². The van der Waals surface area contributed by atoms with Gasteiger partial charge in [0, 0.05) is 32.3 Å². The second kappa shape index (κ2) is 17.5. The van der Waals surface area contributed by atoms with E-state index in [1.54, 1.807) is 6.20 Å². The third kappa shape index (κ3) is 9.31. The number of aliphatic hydroxyl groups excluding tert-OH is 1. The molecule has 20 heteroatoms. The van der Waals surface area contributed by atoms with Gasteiger partial charge in [0.1, 0.15) is 30.2 Å². The highest BCUT2D eigenvalue weighted by molar-refractivity contribution is 5.96. The van der Waals surface area contributed by atoms with E-state index in [9.17, 15) is 48.6 Å². The van der Waals surface area contributed by atoms with E-state index in [1.807, 2.05) is 0 Å². The molecule has 1 aromatic heterocycles. The van der Waals surface area contributed by atoms with Crippen LogP contribution in [0.1, 0.15) is 44.2 Å². The lowest BCUT2D eigenvalue weighted by Crippen LogP contribution is -2.57. The molecular weight excluding hydrogens is 660 g/mol. The molecule has 0 aromatic carbocycles. The Morgan fingerprint density at radius 3 is 1.74 bits per heavy atom. The molecule has 7 amide bonds. The third-order valence-electron chi connectivity index (χ3n) is 9.03. The maximum absolute atomic E-state index is 13.3. The number of imidazole rings is 1. The van der Waals surface area contributed by atoms with Crippen LogP contribution in [0.15, 0.2) is 12.5 Å². The molecule has 9 N–H and O–H groups in total. The average molecular weight is 705 g/mol. The second-order valence-electron chi connectivity index (χ2n) is 12.3. The van der Waals surface area contributed by atoms with Crippen molar-refractivity contribution in [2.45, 2.75) is 75.2 Å². The summed E-state index contributed by atoms with van der Waals surface area (Å²) in [6, 6.07) is -5.41. The minimum atomic E-state index is -1.45. The number of nitrogens with two attached hydrogens (primary N) is 1. The summed E-state index contributed by atoms with van der Waals surface area (Å²) in [5, 5.41) is 29.0. The summed E-state index contributed by atoms with van der Waals surface area (Å²) in [4.78, 5) is 112. The summed E-state index contributed by atoms with van der Waals surface area (Å²) in [5.41, 5.74) is 5.94. The first-order valence-electron chi connectivity index (χ1n) is 16.5. The maximum Gasteiger partial charge on any atom is 0.326 e. The Morgan fingerprint density at radius 2 is 1.26 bits per heavy atom. The first-order valence-corrected chi connectivity index (χ1v) is 16.5. The zero-order chi connectivity index (χ0) is 36.4. The van der Waals surface area contributed by atoms with E-state index in [0.29, 0.717) is 44.3 Å². The van der Waals surface area contributed by atoms with Gasteiger partial charge in [0.05, 0.1) is 38.3 Å². The largest absolute Gasteiger partial charge is 0.480 e. The van der Waals surface area contributed by atoms with Crippen molar-refractivity contribution in [1.29, 1.82) is 0 Å². The minimum absolute atomic E-state index is 0.0179. The van der Waals surface area contributed by atoms with E-state index in [1.165, 1.54) is 16.1 Å². The quantitative estimate of drug-likeness (QED) is 0.0853. The Bertz CT molecular complexity index is 1440. The molecule has 3 fully saturated rings. The predicted molar refractivity (Wildman–Crippen MR) is 170 cm³/mol. The Morgan fingerprint density at radius 1 is 0.780 bits per heavy atom. The van der Waals surface area contributed by atoms with Gasteiger partial charge in [0.25, 0.3) is 0 Å². The van der Waals surface area contributed by atoms with Crippen LogP contribution >= 0.6 is 0 Å². The summed E-state index contributed by atoms with van der Waals surface area (Å²) >= 11 is 0. The number of rotatable bonds is 15. The van der Waals surface area contributed by atoms with E-state index in [0.717, 1.165) is 4.90 Å². The number of hydrogen-bond donors (Lipinski definition) is 8. The van der Waals surface area contributed by atoms with Crippen molar-refractivity contribution in [2.24, 2.45) is 5.73 Å². The van der Waals surface area contributed by atoms with Crippen LogP contribution in [-0.2, 0) is 44.8 Å². The van der Waals surface area contributed by atoms with Crippen molar-refractivity contribution in [3.05, 3.63) is 18.2 Å². The van der Waals surface area contributed by atoms with Gasteiger partial charge in [0.2, 0.25) is 41.4 Å². The van der Waals surface area contributed by atoms with Gasteiger partial charge in [-0.15, -0.1) is 0 Å². The van der Waals surface area contributed by atoms with Crippen LogP contribution in [0.5, 0.6) is 0 Å². The van der Waals surface area contributed by atoms with E-state index < -0.39 is 91.3 Å². The summed E-state index contributed by atoms with van der Waals surface area (Å²) in [6.07, 6.45) is 5.41. The number of carbonyl (C=O) groups is 8. The molecule has 1 aromatic rings. The molecule has 0 unspecified atom stereocenters. The maximum atomic E-state index is 13.3. The van der Waals surface area contributed by atoms with Crippen LogP contribution in [0.25, 0.3) is 0 Å². The molecule has 50 heavy (non-hydrogen) atoms. The average Bonchev–Trinajstić information content (AvgIpc) is 3.94. The molecule has 0 saturated carbocycles. The van der Waals surface area contributed by atoms with Gasteiger partial charge in [-0.3, -0.25) is 33.6 Å². The molecule has 0 bridgehead atoms. The molecular formula is C30H44N10O10. The molecule has 4 rings (SSSR count). The van der Waals surface area contributed by atoms with Gasteiger partial charge in [-0.25, -0.2) is 9.78 Å². The van der Waals surface area contributed by atoms with Crippen LogP contribution in [-0.4, -0.2) is 158 Å². The zero-order valence-corrected chi connectivity index (χ0v) is 27.5. The molecule has 0 radical (unpaired) electrons. The predicted octanol–water partition coefficient (Wildman–Crippen LogP) is -4.84. The molecule has 20 nitrogen and oxygen atoms in total. The number of carboxylic acids is 1. The number of nitrogens with zero attached hydrogens (tertiary/aromatic N) is 4. The molecule has 0 aliphatic carbocycles. The van der Waals surface area contributed by atoms with E-state index in [-0.39, 0.29) is 38.4 Å². The van der Waals surface area contributed by atoms with Crippen LogP contribution in [0.2, 0.25) is 0 Å². The lowest BCUT2D eigenvalue weighted by Gasteiger charge is -2.27. The number of aromatic nitrogens is 2. The summed E-state index contributed by atoms with van der Waals surface area (Å²) in [7, 11) is 0. The fraction of sp³-hybridized carbons (Fsp3) is 0.633. The van der Waals surface area contributed by atoms with Crippen LogP contribution in [0.3, 0.4) is 0 Å². The van der Waals surface area contributed by atoms with Crippen molar-refractivity contribution < 1.29 is 48.6 Å². The number of carbonyl (C=O) groups excluding carboxylic acids is 7. The van der Waals surface area contributed by atoms with Crippen LogP contribution < -0.4 is 27.0 Å². The van der Waals surface area contributed by atoms with Crippen molar-refractivity contribution in [2.75, 3.05) is 45.9 Å². The number of amides is 7. The van der Waals surface area contributed by atoms with Gasteiger partial charge in [0.15, 0.2) is 0 Å². The van der Waals surface area contributed by atoms with E-state index in [4.69, 9.17) is 5.73 Å². The number of likely N-dealkylation sites (tertiary alicyclic amines) is 3. The number of aliphatic carboxylic acids is 1. The van der Waals surface area contributed by atoms with Crippen molar-refractivity contribution >= 4 is 47.3 Å². The minimum Gasteiger partial charge on any atom is -0.480 e. The van der Waals surface area contributed by atoms with Gasteiger partial charge >= 0.3 is 5.97 Å². The molecule has 3 aliphatic rings. The molecule has 4 heterocycles. The van der Waals surface area contributed by atoms with Crippen LogP contribution in [0.4, 0.5) is 0 Å². The monoisotopic (exact) mass is 704 g/mol. The van der Waals surface area contributed by atoms with Crippen molar-refractivity contribution in [1.82, 2.24) is 45.9 Å². The normalized spacial score (nSPS) is 21.3. The van der Waals surface area contributed by atoms with Gasteiger partial charge in [-0.2, -0.15) is 0 Å². The smallest absolute Gasteiger partial charge is 0.326 e. The standard InChI is InChI=1S/C30H44N10O10/c31-11-23(42)38-7-1-4-20(38)28(47)36-18(10-17-12-32-16-35-17)26(45)33-13-24(43)39-8-2-5-21(39)29(48)37-19(15-41)27(46)34-14-25(44)40-9-3-6-22(40)30(49)50/h12,16,18-22,41H,1-11,13-15,31H2,(H,32,35)(H,33,45)(H,34,46)(H,36,47)(H,37,48)(H,49,50)/t18-,19-,20-,21-,22-/m0/s1. The first-order chi connectivity index (χ1) is 23.9. The number of nitrogens with one attached hydrogen (secondary N) is 5. The Balaban J connectivity index is 1.30. The fourth-order valence-corrected chi connectivity index (χ4v) is 6.44. The number of aliphatic hydroxyl groups is 1. The zero-order valence-electron chi connectivity index (χ0n) is 27.5. The fourth-order valence-electron chi connectivity index (χ4n) is 6.44. The second-order valence-corrected chi connectivity index (χ2v) is 12.3. The van der Waals surface area contributed by atoms with E-state index in [2.05, 4.69) is 31.2 Å². The Kier molecular flexibility index (Phi) is 13.2. The highest BCUT2D eigenvalue weighted by Crippen LogP contribution is 2.20. The van der Waals surface area contributed by atoms with Gasteiger partial charge < -0.3 is 56.9 Å². The highest BCUT2D eigenvalue weighted by Gasteiger charge is 2.38. The lowest BCUT2D eigenvalue weighted by atomic mass is 10.1. The summed E-state index contributed by atoms with van der Waals surface area (Å²) in [6.45, 7) is -1.35. The topological polar surface area (TPSA) is 290 Å². The third-order valence-corrected chi connectivity index (χ3v) is 9.03. The molecule has 3 saturated heterocycles. The Labute approximate surface area is 286 Å².